The second kappa shape index (κ2) is 4.50. The zero-order valence-corrected chi connectivity index (χ0v) is 9.98. The lowest BCUT2D eigenvalue weighted by Crippen LogP contribution is -1.98. The average molecular weight is 272 g/mol. The smallest absolute Gasteiger partial charge is 0.295 e. The van der Waals surface area contributed by atoms with E-state index in [9.17, 15) is 15.2 Å². The number of fused-ring (bicyclic) bond motifs is 1. The van der Waals surface area contributed by atoms with Gasteiger partial charge in [0.25, 0.3) is 5.69 Å². The van der Waals surface area contributed by atoms with Gasteiger partial charge in [0.15, 0.2) is 5.52 Å². The zero-order chi connectivity index (χ0) is 14.1. The fourth-order valence-electron chi connectivity index (χ4n) is 1.83. The van der Waals surface area contributed by atoms with Crippen LogP contribution in [0.3, 0.4) is 0 Å². The predicted molar refractivity (Wildman–Crippen MR) is 69.8 cm³/mol. The molecular formula is C12H8N4O4. The molecule has 0 aliphatic carbocycles. The first kappa shape index (κ1) is 11.9. The van der Waals surface area contributed by atoms with E-state index in [0.717, 1.165) is 0 Å². The summed E-state index contributed by atoms with van der Waals surface area (Å²) in [5.74, 6) is -0.0322. The Labute approximate surface area is 111 Å². The van der Waals surface area contributed by atoms with Crippen LogP contribution in [0.5, 0.6) is 5.75 Å². The van der Waals surface area contributed by atoms with Crippen molar-refractivity contribution in [1.29, 1.82) is 0 Å². The molecule has 3 rings (SSSR count). The Balaban J connectivity index is 2.18. The molecule has 0 unspecified atom stereocenters. The molecule has 20 heavy (non-hydrogen) atoms. The molecule has 0 radical (unpaired) electrons. The summed E-state index contributed by atoms with van der Waals surface area (Å²) in [6.45, 7) is 0. The maximum atomic E-state index is 11.1. The van der Waals surface area contributed by atoms with E-state index in [-0.39, 0.29) is 22.6 Å². The first-order chi connectivity index (χ1) is 9.66. The van der Waals surface area contributed by atoms with E-state index in [1.165, 1.54) is 18.2 Å². The summed E-state index contributed by atoms with van der Waals surface area (Å²) < 4.78 is 4.58. The topological polar surface area (TPSA) is 114 Å². The van der Waals surface area contributed by atoms with Crippen molar-refractivity contribution in [1.82, 2.24) is 10.3 Å². The highest BCUT2D eigenvalue weighted by Crippen LogP contribution is 2.35. The van der Waals surface area contributed by atoms with Gasteiger partial charge in [-0.1, -0.05) is 12.1 Å². The third-order valence-electron chi connectivity index (χ3n) is 2.77. The summed E-state index contributed by atoms with van der Waals surface area (Å²) in [4.78, 5) is 10.5. The number of aromatic hydroxyl groups is 1. The average Bonchev–Trinajstić information content (AvgIpc) is 2.90. The van der Waals surface area contributed by atoms with Crippen molar-refractivity contribution >= 4 is 28.1 Å². The minimum Gasteiger partial charge on any atom is -0.506 e. The second-order valence-electron chi connectivity index (χ2n) is 3.99. The second-order valence-corrected chi connectivity index (χ2v) is 3.99. The van der Waals surface area contributed by atoms with Gasteiger partial charge < -0.3 is 10.4 Å². The number of hydrogen-bond acceptors (Lipinski definition) is 7. The highest BCUT2D eigenvalue weighted by atomic mass is 16.6. The van der Waals surface area contributed by atoms with E-state index in [4.69, 9.17) is 0 Å². The van der Waals surface area contributed by atoms with Crippen LogP contribution in [-0.2, 0) is 0 Å². The molecular weight excluding hydrogens is 264 g/mol. The molecule has 2 N–H and O–H groups in total. The molecule has 0 fully saturated rings. The molecule has 0 saturated carbocycles. The maximum absolute atomic E-state index is 11.1. The molecule has 2 aromatic carbocycles. The van der Waals surface area contributed by atoms with Crippen LogP contribution in [0.15, 0.2) is 41.0 Å². The molecule has 0 saturated heterocycles. The first-order valence-corrected chi connectivity index (χ1v) is 5.61. The van der Waals surface area contributed by atoms with E-state index >= 15 is 0 Å². The largest absolute Gasteiger partial charge is 0.506 e. The highest BCUT2D eigenvalue weighted by Gasteiger charge is 2.21. The van der Waals surface area contributed by atoms with Crippen molar-refractivity contribution in [2.75, 3.05) is 5.32 Å². The van der Waals surface area contributed by atoms with Crippen LogP contribution in [0.4, 0.5) is 17.1 Å². The molecule has 0 spiro atoms. The summed E-state index contributed by atoms with van der Waals surface area (Å²) in [5, 5.41) is 30.9. The number of nitro benzene ring substituents is 1. The summed E-state index contributed by atoms with van der Waals surface area (Å²) in [6.07, 6.45) is 0. The molecule has 0 aliphatic heterocycles. The van der Waals surface area contributed by atoms with E-state index < -0.39 is 4.92 Å². The van der Waals surface area contributed by atoms with E-state index in [1.54, 1.807) is 18.2 Å². The molecule has 8 heteroatoms. The SMILES string of the molecule is O=[N+]([O-])c1ccc2nonc2c1Nc1ccccc1O. The van der Waals surface area contributed by atoms with Gasteiger partial charge in [-0.05, 0) is 28.5 Å². The van der Waals surface area contributed by atoms with Crippen molar-refractivity contribution in [2.24, 2.45) is 0 Å². The quantitative estimate of drug-likeness (QED) is 0.427. The summed E-state index contributed by atoms with van der Waals surface area (Å²) in [7, 11) is 0. The van der Waals surface area contributed by atoms with E-state index in [0.29, 0.717) is 11.2 Å². The third-order valence-corrected chi connectivity index (χ3v) is 2.77. The number of phenolic OH excluding ortho intramolecular Hbond substituents is 1. The van der Waals surface area contributed by atoms with Gasteiger partial charge >= 0.3 is 0 Å². The van der Waals surface area contributed by atoms with Gasteiger partial charge in [-0.15, -0.1) is 0 Å². The van der Waals surface area contributed by atoms with Crippen molar-refractivity contribution in [3.05, 3.63) is 46.5 Å². The highest BCUT2D eigenvalue weighted by molar-refractivity contribution is 5.95. The summed E-state index contributed by atoms with van der Waals surface area (Å²) >= 11 is 0. The number of aromatic nitrogens is 2. The van der Waals surface area contributed by atoms with Crippen LogP contribution in [0.25, 0.3) is 11.0 Å². The zero-order valence-electron chi connectivity index (χ0n) is 9.98. The number of para-hydroxylation sites is 2. The number of hydrogen-bond donors (Lipinski definition) is 2. The molecule has 100 valence electrons. The summed E-state index contributed by atoms with van der Waals surface area (Å²) in [6, 6.07) is 9.14. The van der Waals surface area contributed by atoms with Gasteiger partial charge in [-0.3, -0.25) is 10.1 Å². The number of phenols is 1. The van der Waals surface area contributed by atoms with Crippen molar-refractivity contribution in [2.45, 2.75) is 0 Å². The molecule has 3 aromatic rings. The minimum atomic E-state index is -0.545. The lowest BCUT2D eigenvalue weighted by Gasteiger charge is -2.08. The van der Waals surface area contributed by atoms with Crippen molar-refractivity contribution in [3.8, 4) is 5.75 Å². The Morgan fingerprint density at radius 1 is 1.20 bits per heavy atom. The molecule has 0 aliphatic rings. The van der Waals surface area contributed by atoms with Crippen molar-refractivity contribution in [3.63, 3.8) is 0 Å². The molecule has 0 bridgehead atoms. The molecule has 8 nitrogen and oxygen atoms in total. The minimum absolute atomic E-state index is 0.0322. The number of rotatable bonds is 3. The molecule has 1 aromatic heterocycles. The molecule has 1 heterocycles. The van der Waals surface area contributed by atoms with Gasteiger partial charge in [0.1, 0.15) is 17.0 Å². The van der Waals surface area contributed by atoms with E-state index in [1.807, 2.05) is 0 Å². The molecule has 0 atom stereocenters. The number of nitrogens with zero attached hydrogens (tertiary/aromatic N) is 3. The van der Waals surface area contributed by atoms with Gasteiger partial charge in [-0.2, -0.15) is 0 Å². The van der Waals surface area contributed by atoms with Gasteiger partial charge in [-0.25, -0.2) is 4.63 Å². The Kier molecular flexibility index (Phi) is 2.68. The standard InChI is InChI=1S/C12H8N4O4/c17-10-4-2-1-3-7(10)13-12-9(16(18)19)6-5-8-11(12)15-20-14-8/h1-6,13,17H. The number of anilines is 2. The third kappa shape index (κ3) is 1.88. The van der Waals surface area contributed by atoms with E-state index in [2.05, 4.69) is 20.3 Å². The van der Waals surface area contributed by atoms with Crippen molar-refractivity contribution < 1.29 is 14.7 Å². The number of nitrogens with one attached hydrogen (secondary N) is 1. The fourth-order valence-corrected chi connectivity index (χ4v) is 1.83. The predicted octanol–water partition coefficient (Wildman–Crippen LogP) is 2.58. The van der Waals surface area contributed by atoms with Crippen LogP contribution >= 0.6 is 0 Å². The lowest BCUT2D eigenvalue weighted by atomic mass is 10.2. The van der Waals surface area contributed by atoms with Gasteiger partial charge in [0, 0.05) is 6.07 Å². The van der Waals surface area contributed by atoms with Crippen LogP contribution in [0.2, 0.25) is 0 Å². The number of nitro groups is 1. The summed E-state index contributed by atoms with van der Waals surface area (Å²) in [5.41, 5.74) is 0.869. The lowest BCUT2D eigenvalue weighted by molar-refractivity contribution is -0.383. The normalized spacial score (nSPS) is 10.6. The van der Waals surface area contributed by atoms with Crippen LogP contribution in [0.1, 0.15) is 0 Å². The Bertz CT molecular complexity index is 799. The van der Waals surface area contributed by atoms with Crippen LogP contribution in [0, 0.1) is 10.1 Å². The van der Waals surface area contributed by atoms with Gasteiger partial charge in [0.05, 0.1) is 10.6 Å². The Morgan fingerprint density at radius 2 is 2.00 bits per heavy atom. The first-order valence-electron chi connectivity index (χ1n) is 5.61. The number of benzene rings is 2. The maximum Gasteiger partial charge on any atom is 0.295 e. The fraction of sp³-hybridized carbons (Fsp3) is 0. The Hall–Kier alpha value is -3.16. The monoisotopic (exact) mass is 272 g/mol. The van der Waals surface area contributed by atoms with Gasteiger partial charge in [0.2, 0.25) is 0 Å². The Morgan fingerprint density at radius 3 is 2.75 bits per heavy atom. The molecule has 0 amide bonds. The van der Waals surface area contributed by atoms with Crippen LogP contribution in [-0.4, -0.2) is 20.3 Å². The van der Waals surface area contributed by atoms with Crippen LogP contribution < -0.4 is 5.32 Å².